The van der Waals surface area contributed by atoms with Gasteiger partial charge in [0.2, 0.25) is 5.89 Å². The molecular weight excluding hydrogens is 342 g/mol. The molecule has 2 aromatic heterocycles. The van der Waals surface area contributed by atoms with Crippen molar-refractivity contribution in [2.75, 3.05) is 10.6 Å². The van der Waals surface area contributed by atoms with Crippen LogP contribution in [-0.4, -0.2) is 25.6 Å². The lowest BCUT2D eigenvalue weighted by atomic mass is 10.1. The van der Waals surface area contributed by atoms with E-state index in [9.17, 15) is 13.0 Å². The summed E-state index contributed by atoms with van der Waals surface area (Å²) in [5.41, 5.74) is 1.33. The van der Waals surface area contributed by atoms with Gasteiger partial charge in [-0.3, -0.25) is 0 Å². The van der Waals surface area contributed by atoms with E-state index < -0.39 is 23.3 Å². The van der Waals surface area contributed by atoms with Crippen molar-refractivity contribution in [3.05, 3.63) is 48.2 Å². The molecule has 7 nitrogen and oxygen atoms in total. The van der Waals surface area contributed by atoms with Crippen LogP contribution < -0.4 is 4.31 Å². The number of nitrogens with zero attached hydrogens (tertiary/aromatic N) is 4. The Hall–Kier alpha value is -2.62. The van der Waals surface area contributed by atoms with Crippen LogP contribution in [0, 0.1) is 0 Å². The SMILES string of the molecule is CS(=O)N(Cc1ccc(-c2nnc(C(F)F)o2)cc1)c1ncco1. The minimum Gasteiger partial charge on any atom is -0.431 e. The van der Waals surface area contributed by atoms with Gasteiger partial charge >= 0.3 is 12.4 Å². The van der Waals surface area contributed by atoms with Gasteiger partial charge in [-0.15, -0.1) is 10.2 Å². The number of hydrogen-bond donors (Lipinski definition) is 0. The van der Waals surface area contributed by atoms with E-state index in [1.165, 1.54) is 23.0 Å². The van der Waals surface area contributed by atoms with Crippen molar-refractivity contribution in [1.29, 1.82) is 0 Å². The van der Waals surface area contributed by atoms with E-state index in [2.05, 4.69) is 15.2 Å². The minimum absolute atomic E-state index is 0.0143. The van der Waals surface area contributed by atoms with Gasteiger partial charge in [-0.1, -0.05) is 12.1 Å². The molecule has 0 radical (unpaired) electrons. The molecule has 10 heteroatoms. The van der Waals surface area contributed by atoms with Gasteiger partial charge in [0.25, 0.3) is 5.89 Å². The quantitative estimate of drug-likeness (QED) is 0.676. The van der Waals surface area contributed by atoms with E-state index in [0.29, 0.717) is 12.1 Å². The monoisotopic (exact) mass is 354 g/mol. The lowest BCUT2D eigenvalue weighted by Crippen LogP contribution is -2.24. The number of halogens is 2. The van der Waals surface area contributed by atoms with Gasteiger partial charge in [-0.25, -0.2) is 13.5 Å². The maximum atomic E-state index is 12.5. The Morgan fingerprint density at radius 3 is 2.54 bits per heavy atom. The van der Waals surface area contributed by atoms with Gasteiger partial charge in [-0.2, -0.15) is 8.78 Å². The Morgan fingerprint density at radius 1 is 1.25 bits per heavy atom. The third kappa shape index (κ3) is 3.48. The summed E-state index contributed by atoms with van der Waals surface area (Å²) in [6, 6.07) is 7.04. The van der Waals surface area contributed by atoms with Crippen molar-refractivity contribution < 1.29 is 21.8 Å². The van der Waals surface area contributed by atoms with Crippen LogP contribution in [0.1, 0.15) is 17.9 Å². The Morgan fingerprint density at radius 2 is 2.00 bits per heavy atom. The van der Waals surface area contributed by atoms with Crippen LogP contribution in [-0.2, 0) is 17.5 Å². The zero-order valence-electron chi connectivity index (χ0n) is 12.4. The number of aromatic nitrogens is 3. The van der Waals surface area contributed by atoms with Crippen LogP contribution in [0.15, 0.2) is 45.6 Å². The molecule has 0 aliphatic heterocycles. The van der Waals surface area contributed by atoms with Gasteiger partial charge in [0, 0.05) is 11.8 Å². The maximum Gasteiger partial charge on any atom is 0.314 e. The number of anilines is 1. The highest BCUT2D eigenvalue weighted by Gasteiger charge is 2.18. The van der Waals surface area contributed by atoms with E-state index in [0.717, 1.165) is 5.56 Å². The first-order valence-electron chi connectivity index (χ1n) is 6.76. The van der Waals surface area contributed by atoms with Crippen LogP contribution in [0.4, 0.5) is 14.8 Å². The normalized spacial score (nSPS) is 12.5. The molecule has 24 heavy (non-hydrogen) atoms. The smallest absolute Gasteiger partial charge is 0.314 e. The van der Waals surface area contributed by atoms with Gasteiger partial charge in [-0.05, 0) is 17.7 Å². The predicted octanol–water partition coefficient (Wildman–Crippen LogP) is 2.96. The molecule has 126 valence electrons. The molecule has 0 bridgehead atoms. The molecule has 0 saturated carbocycles. The third-order valence-corrected chi connectivity index (χ3v) is 4.00. The standard InChI is InChI=1S/C14H12F2N4O3S/c1-24(21)20(14-17-6-7-22-14)8-9-2-4-10(5-3-9)12-18-19-13(23-12)11(15)16/h2-7,11H,8H2,1H3. The molecule has 0 N–H and O–H groups in total. The van der Waals surface area contributed by atoms with Crippen LogP contribution in [0.2, 0.25) is 0 Å². The lowest BCUT2D eigenvalue weighted by Gasteiger charge is -2.17. The number of benzene rings is 1. The second kappa shape index (κ2) is 6.87. The first-order chi connectivity index (χ1) is 11.5. The zero-order valence-corrected chi connectivity index (χ0v) is 13.2. The van der Waals surface area contributed by atoms with E-state index in [1.807, 2.05) is 0 Å². The molecule has 2 heterocycles. The second-order valence-corrected chi connectivity index (χ2v) is 6.01. The van der Waals surface area contributed by atoms with Gasteiger partial charge in [0.05, 0.1) is 12.7 Å². The molecular formula is C14H12F2N4O3S. The summed E-state index contributed by atoms with van der Waals surface area (Å²) >= 11 is 0. The molecule has 0 spiro atoms. The Labute approximate surface area is 137 Å². The molecule has 0 amide bonds. The van der Waals surface area contributed by atoms with Crippen LogP contribution >= 0.6 is 0 Å². The van der Waals surface area contributed by atoms with Crippen LogP contribution in [0.5, 0.6) is 0 Å². The van der Waals surface area contributed by atoms with E-state index in [-0.39, 0.29) is 11.9 Å². The van der Waals surface area contributed by atoms with Crippen LogP contribution in [0.25, 0.3) is 11.5 Å². The molecule has 0 aliphatic carbocycles. The van der Waals surface area contributed by atoms with Gasteiger partial charge in [0.15, 0.2) is 0 Å². The Balaban J connectivity index is 1.77. The molecule has 0 aliphatic rings. The number of rotatable bonds is 6. The van der Waals surface area contributed by atoms with E-state index in [1.54, 1.807) is 24.3 Å². The van der Waals surface area contributed by atoms with Crippen LogP contribution in [0.3, 0.4) is 0 Å². The average molecular weight is 354 g/mol. The zero-order chi connectivity index (χ0) is 17.1. The summed E-state index contributed by atoms with van der Waals surface area (Å²) < 4.78 is 48.3. The summed E-state index contributed by atoms with van der Waals surface area (Å²) in [5, 5.41) is 6.87. The Bertz CT molecular complexity index is 821. The topological polar surface area (TPSA) is 85.3 Å². The molecule has 1 aromatic carbocycles. The van der Waals surface area contributed by atoms with E-state index in [4.69, 9.17) is 8.83 Å². The predicted molar refractivity (Wildman–Crippen MR) is 81.4 cm³/mol. The van der Waals surface area contributed by atoms with Crippen molar-refractivity contribution in [1.82, 2.24) is 15.2 Å². The highest BCUT2D eigenvalue weighted by atomic mass is 32.2. The molecule has 0 fully saturated rings. The number of hydrogen-bond acceptors (Lipinski definition) is 6. The average Bonchev–Trinajstić information content (AvgIpc) is 3.24. The van der Waals surface area contributed by atoms with E-state index >= 15 is 0 Å². The fourth-order valence-electron chi connectivity index (χ4n) is 1.97. The summed E-state index contributed by atoms with van der Waals surface area (Å²) in [5.74, 6) is -0.703. The maximum absolute atomic E-state index is 12.5. The van der Waals surface area contributed by atoms with Crippen molar-refractivity contribution in [2.24, 2.45) is 0 Å². The molecule has 1 atom stereocenters. The highest BCUT2D eigenvalue weighted by molar-refractivity contribution is 7.85. The molecule has 1 unspecified atom stereocenters. The first-order valence-corrected chi connectivity index (χ1v) is 8.27. The second-order valence-electron chi connectivity index (χ2n) is 4.72. The lowest BCUT2D eigenvalue weighted by molar-refractivity contribution is 0.116. The largest absolute Gasteiger partial charge is 0.431 e. The number of alkyl halides is 2. The number of oxazole rings is 1. The first kappa shape index (κ1) is 16.2. The van der Waals surface area contributed by atoms with Crippen molar-refractivity contribution in [3.8, 4) is 11.5 Å². The van der Waals surface area contributed by atoms with Gasteiger partial charge in [0.1, 0.15) is 17.2 Å². The van der Waals surface area contributed by atoms with Gasteiger partial charge < -0.3 is 8.83 Å². The summed E-state index contributed by atoms with van der Waals surface area (Å²) in [7, 11) is -1.32. The third-order valence-electron chi connectivity index (χ3n) is 3.10. The van der Waals surface area contributed by atoms with Crippen molar-refractivity contribution in [3.63, 3.8) is 0 Å². The summed E-state index contributed by atoms with van der Waals surface area (Å²) in [6.07, 6.45) is 1.57. The minimum atomic E-state index is -2.81. The fraction of sp³-hybridized carbons (Fsp3) is 0.214. The Kier molecular flexibility index (Phi) is 4.65. The molecule has 0 saturated heterocycles. The molecule has 3 aromatic rings. The molecule has 3 rings (SSSR count). The summed E-state index contributed by atoms with van der Waals surface area (Å²) in [6.45, 7) is 0.302. The fourth-order valence-corrected chi connectivity index (χ4v) is 2.61. The summed E-state index contributed by atoms with van der Waals surface area (Å²) in [4.78, 5) is 3.98. The highest BCUT2D eigenvalue weighted by Crippen LogP contribution is 2.24. The van der Waals surface area contributed by atoms with Crippen molar-refractivity contribution >= 4 is 17.0 Å². The van der Waals surface area contributed by atoms with Crippen molar-refractivity contribution in [2.45, 2.75) is 13.0 Å².